The number of nitrogens with two attached hydrogens (primary N) is 1. The number of carbonyl (C=O) groups is 1. The van der Waals surface area contributed by atoms with Gasteiger partial charge in [0.2, 0.25) is 0 Å². The molecule has 0 spiro atoms. The third-order valence-electron chi connectivity index (χ3n) is 2.11. The first-order valence-electron chi connectivity index (χ1n) is 5.13. The predicted molar refractivity (Wildman–Crippen MR) is 61.3 cm³/mol. The molecule has 0 fully saturated rings. The largest absolute Gasteiger partial charge is 0.492 e. The second-order valence-corrected chi connectivity index (χ2v) is 3.67. The Hall–Kier alpha value is -1.55. The molecule has 2 N–H and O–H groups in total. The fourth-order valence-electron chi connectivity index (χ4n) is 1.26. The van der Waals surface area contributed by atoms with E-state index in [1.807, 2.05) is 31.2 Å². The van der Waals surface area contributed by atoms with Crippen molar-refractivity contribution in [2.45, 2.75) is 19.4 Å². The van der Waals surface area contributed by atoms with E-state index in [1.165, 1.54) is 7.11 Å². The van der Waals surface area contributed by atoms with Crippen LogP contribution in [0.5, 0.6) is 5.75 Å². The summed E-state index contributed by atoms with van der Waals surface area (Å²) >= 11 is 0. The Labute approximate surface area is 95.3 Å². The Bertz CT molecular complexity index is 352. The first-order chi connectivity index (χ1) is 7.61. The molecule has 4 nitrogen and oxygen atoms in total. The molecular formula is C12H17NO3. The lowest BCUT2D eigenvalue weighted by Gasteiger charge is -2.12. The fourth-order valence-corrected chi connectivity index (χ4v) is 1.26. The maximum Gasteiger partial charge on any atom is 0.307 e. The second-order valence-electron chi connectivity index (χ2n) is 3.67. The molecule has 0 saturated carbocycles. The molecule has 0 aromatic heterocycles. The summed E-state index contributed by atoms with van der Waals surface area (Å²) in [5, 5.41) is 0. The normalized spacial score (nSPS) is 11.9. The van der Waals surface area contributed by atoms with E-state index >= 15 is 0 Å². The lowest BCUT2D eigenvalue weighted by atomic mass is 10.2. The molecule has 1 aromatic rings. The van der Waals surface area contributed by atoms with Crippen LogP contribution < -0.4 is 10.5 Å². The van der Waals surface area contributed by atoms with Crippen LogP contribution in [0.15, 0.2) is 24.3 Å². The van der Waals surface area contributed by atoms with Crippen molar-refractivity contribution >= 4 is 5.97 Å². The van der Waals surface area contributed by atoms with E-state index in [-0.39, 0.29) is 18.4 Å². The minimum atomic E-state index is -0.340. The molecule has 4 heteroatoms. The summed E-state index contributed by atoms with van der Waals surface area (Å²) in [4.78, 5) is 10.9. The van der Waals surface area contributed by atoms with Crippen LogP contribution in [-0.2, 0) is 9.53 Å². The number of benzene rings is 1. The van der Waals surface area contributed by atoms with Crippen molar-refractivity contribution < 1.29 is 14.3 Å². The molecular weight excluding hydrogens is 206 g/mol. The van der Waals surface area contributed by atoms with Crippen molar-refractivity contribution in [3.8, 4) is 5.75 Å². The third kappa shape index (κ3) is 4.31. The quantitative estimate of drug-likeness (QED) is 0.763. The highest BCUT2D eigenvalue weighted by molar-refractivity contribution is 5.69. The van der Waals surface area contributed by atoms with Crippen molar-refractivity contribution in [2.75, 3.05) is 13.7 Å². The van der Waals surface area contributed by atoms with Gasteiger partial charge in [0.15, 0.2) is 0 Å². The minimum Gasteiger partial charge on any atom is -0.492 e. The molecule has 0 heterocycles. The van der Waals surface area contributed by atoms with Gasteiger partial charge in [-0.15, -0.1) is 0 Å². The Morgan fingerprint density at radius 3 is 2.88 bits per heavy atom. The van der Waals surface area contributed by atoms with E-state index in [0.29, 0.717) is 6.61 Å². The number of hydrogen-bond acceptors (Lipinski definition) is 4. The minimum absolute atomic E-state index is 0.169. The summed E-state index contributed by atoms with van der Waals surface area (Å²) in [6.45, 7) is 2.29. The lowest BCUT2D eigenvalue weighted by Crippen LogP contribution is -2.30. The van der Waals surface area contributed by atoms with Gasteiger partial charge >= 0.3 is 5.97 Å². The summed E-state index contributed by atoms with van der Waals surface area (Å²) in [6.07, 6.45) is 0.169. The standard InChI is InChI=1S/C12H17NO3/c1-9-4-3-5-11(6-9)16-8-10(13)7-12(14)15-2/h3-6,10H,7-8,13H2,1-2H3. The zero-order valence-corrected chi connectivity index (χ0v) is 9.60. The van der Waals surface area contributed by atoms with Gasteiger partial charge in [-0.1, -0.05) is 12.1 Å². The number of ether oxygens (including phenoxy) is 2. The van der Waals surface area contributed by atoms with Gasteiger partial charge in [-0.3, -0.25) is 4.79 Å². The number of rotatable bonds is 5. The molecule has 0 aliphatic heterocycles. The van der Waals surface area contributed by atoms with Crippen molar-refractivity contribution in [2.24, 2.45) is 5.73 Å². The summed E-state index contributed by atoms with van der Waals surface area (Å²) in [7, 11) is 1.34. The molecule has 0 radical (unpaired) electrons. The van der Waals surface area contributed by atoms with Crippen LogP contribution in [-0.4, -0.2) is 25.7 Å². The topological polar surface area (TPSA) is 61.5 Å². The maximum atomic E-state index is 10.9. The molecule has 1 unspecified atom stereocenters. The molecule has 16 heavy (non-hydrogen) atoms. The van der Waals surface area contributed by atoms with E-state index in [1.54, 1.807) is 0 Å². The van der Waals surface area contributed by atoms with Crippen molar-refractivity contribution in [1.29, 1.82) is 0 Å². The number of hydrogen-bond donors (Lipinski definition) is 1. The lowest BCUT2D eigenvalue weighted by molar-refractivity contribution is -0.141. The first-order valence-corrected chi connectivity index (χ1v) is 5.13. The van der Waals surface area contributed by atoms with E-state index in [0.717, 1.165) is 11.3 Å². The average molecular weight is 223 g/mol. The first kappa shape index (κ1) is 12.5. The molecule has 1 atom stereocenters. The number of esters is 1. The van der Waals surface area contributed by atoms with Gasteiger partial charge in [-0.2, -0.15) is 0 Å². The van der Waals surface area contributed by atoms with Gasteiger partial charge in [0, 0.05) is 6.04 Å². The number of methoxy groups -OCH3 is 1. The Morgan fingerprint density at radius 1 is 1.50 bits per heavy atom. The fraction of sp³-hybridized carbons (Fsp3) is 0.417. The summed E-state index contributed by atoms with van der Waals surface area (Å²) in [5.74, 6) is 0.445. The Morgan fingerprint density at radius 2 is 2.25 bits per heavy atom. The maximum absolute atomic E-state index is 10.9. The highest BCUT2D eigenvalue weighted by atomic mass is 16.5. The van der Waals surface area contributed by atoms with Gasteiger partial charge in [0.05, 0.1) is 13.5 Å². The van der Waals surface area contributed by atoms with Crippen LogP contribution in [0.3, 0.4) is 0 Å². The number of carbonyl (C=O) groups excluding carboxylic acids is 1. The van der Waals surface area contributed by atoms with Gasteiger partial charge in [0.25, 0.3) is 0 Å². The van der Waals surface area contributed by atoms with Crippen molar-refractivity contribution in [3.05, 3.63) is 29.8 Å². The van der Waals surface area contributed by atoms with E-state index < -0.39 is 0 Å². The SMILES string of the molecule is COC(=O)CC(N)COc1cccc(C)c1. The van der Waals surface area contributed by atoms with Crippen LogP contribution in [0.2, 0.25) is 0 Å². The van der Waals surface area contributed by atoms with Crippen LogP contribution in [0.4, 0.5) is 0 Å². The van der Waals surface area contributed by atoms with E-state index in [2.05, 4.69) is 4.74 Å². The number of aryl methyl sites for hydroxylation is 1. The van der Waals surface area contributed by atoms with Gasteiger partial charge in [-0.25, -0.2) is 0 Å². The zero-order valence-electron chi connectivity index (χ0n) is 9.60. The van der Waals surface area contributed by atoms with Crippen LogP contribution in [0, 0.1) is 6.92 Å². The smallest absolute Gasteiger partial charge is 0.307 e. The van der Waals surface area contributed by atoms with E-state index in [9.17, 15) is 4.79 Å². The van der Waals surface area contributed by atoms with Gasteiger partial charge < -0.3 is 15.2 Å². The molecule has 1 rings (SSSR count). The zero-order chi connectivity index (χ0) is 12.0. The van der Waals surface area contributed by atoms with Crippen LogP contribution in [0.25, 0.3) is 0 Å². The van der Waals surface area contributed by atoms with Crippen LogP contribution >= 0.6 is 0 Å². The molecule has 1 aromatic carbocycles. The van der Waals surface area contributed by atoms with Gasteiger partial charge in [-0.05, 0) is 24.6 Å². The molecule has 0 amide bonds. The molecule has 0 aliphatic rings. The van der Waals surface area contributed by atoms with Crippen molar-refractivity contribution in [3.63, 3.8) is 0 Å². The molecule has 88 valence electrons. The summed E-state index contributed by atoms with van der Waals surface area (Å²) < 4.78 is 9.98. The van der Waals surface area contributed by atoms with Crippen molar-refractivity contribution in [1.82, 2.24) is 0 Å². The molecule has 0 aliphatic carbocycles. The summed E-state index contributed by atoms with van der Waals surface area (Å²) in [5.41, 5.74) is 6.83. The van der Waals surface area contributed by atoms with E-state index in [4.69, 9.17) is 10.5 Å². The van der Waals surface area contributed by atoms with Crippen LogP contribution in [0.1, 0.15) is 12.0 Å². The summed E-state index contributed by atoms with van der Waals surface area (Å²) in [6, 6.07) is 7.34. The molecule has 0 saturated heterocycles. The Kier molecular flexibility index (Phi) is 4.79. The third-order valence-corrected chi connectivity index (χ3v) is 2.11. The van der Waals surface area contributed by atoms with Gasteiger partial charge in [0.1, 0.15) is 12.4 Å². The highest BCUT2D eigenvalue weighted by Gasteiger charge is 2.10. The monoisotopic (exact) mass is 223 g/mol. The highest BCUT2D eigenvalue weighted by Crippen LogP contribution is 2.12. The second kappa shape index (κ2) is 6.12. The Balaban J connectivity index is 2.37. The average Bonchev–Trinajstić information content (AvgIpc) is 2.26. The molecule has 0 bridgehead atoms. The predicted octanol–water partition coefficient (Wildman–Crippen LogP) is 1.26.